The molecule has 0 spiro atoms. The summed E-state index contributed by atoms with van der Waals surface area (Å²) in [5.41, 5.74) is 0.230. The zero-order valence-electron chi connectivity index (χ0n) is 12.3. The number of rotatable bonds is 7. The Kier molecular flexibility index (Phi) is 4.85. The summed E-state index contributed by atoms with van der Waals surface area (Å²) >= 11 is 0. The van der Waals surface area contributed by atoms with E-state index in [-0.39, 0.29) is 23.8 Å². The van der Waals surface area contributed by atoms with E-state index in [1.54, 1.807) is 0 Å². The van der Waals surface area contributed by atoms with Crippen LogP contribution >= 0.6 is 0 Å². The van der Waals surface area contributed by atoms with Gasteiger partial charge in [0.15, 0.2) is 0 Å². The predicted octanol–water partition coefficient (Wildman–Crippen LogP) is 1.39. The lowest BCUT2D eigenvalue weighted by Gasteiger charge is -2.22. The molecule has 4 nitrogen and oxygen atoms in total. The molecule has 19 heavy (non-hydrogen) atoms. The molecule has 2 fully saturated rings. The first-order valence-corrected chi connectivity index (χ1v) is 7.67. The molecule has 1 aliphatic heterocycles. The van der Waals surface area contributed by atoms with Crippen molar-refractivity contribution in [2.75, 3.05) is 26.2 Å². The quantitative estimate of drug-likeness (QED) is 0.686. The van der Waals surface area contributed by atoms with Gasteiger partial charge in [0.05, 0.1) is 6.61 Å². The van der Waals surface area contributed by atoms with Crippen molar-refractivity contribution in [2.45, 2.75) is 52.0 Å². The average Bonchev–Trinajstić information content (AvgIpc) is 2.82. The summed E-state index contributed by atoms with van der Waals surface area (Å²) in [7, 11) is 0. The Morgan fingerprint density at radius 2 is 2.16 bits per heavy atom. The van der Waals surface area contributed by atoms with Crippen molar-refractivity contribution in [3.63, 3.8) is 0 Å². The monoisotopic (exact) mass is 268 g/mol. The fraction of sp³-hybridized carbons (Fsp3) is 0.933. The van der Waals surface area contributed by atoms with E-state index in [1.807, 2.05) is 0 Å². The Labute approximate surface area is 116 Å². The van der Waals surface area contributed by atoms with E-state index in [2.05, 4.69) is 24.1 Å². The van der Waals surface area contributed by atoms with E-state index < -0.39 is 0 Å². The van der Waals surface area contributed by atoms with E-state index in [4.69, 9.17) is 0 Å². The van der Waals surface area contributed by atoms with Gasteiger partial charge >= 0.3 is 0 Å². The molecule has 1 heterocycles. The van der Waals surface area contributed by atoms with Crippen molar-refractivity contribution in [1.29, 1.82) is 0 Å². The summed E-state index contributed by atoms with van der Waals surface area (Å²) in [5.74, 6) is 0.476. The standard InChI is InChI=1S/C15H28N2O2/c1-15(2)10-13(15)14(19)16-7-3-4-8-17-9-5-6-12(17)11-18/h12-13,18H,3-11H2,1-2H3,(H,16,19). The van der Waals surface area contributed by atoms with Crippen LogP contribution in [0.25, 0.3) is 0 Å². The van der Waals surface area contributed by atoms with Crippen molar-refractivity contribution in [2.24, 2.45) is 11.3 Å². The van der Waals surface area contributed by atoms with Crippen molar-refractivity contribution in [1.82, 2.24) is 10.2 Å². The molecule has 0 radical (unpaired) electrons. The van der Waals surface area contributed by atoms with Crippen LogP contribution in [0.3, 0.4) is 0 Å². The van der Waals surface area contributed by atoms with Crippen LogP contribution in [0.15, 0.2) is 0 Å². The van der Waals surface area contributed by atoms with Crippen LogP contribution < -0.4 is 5.32 Å². The van der Waals surface area contributed by atoms with Crippen LogP contribution in [0.2, 0.25) is 0 Å². The molecule has 4 heteroatoms. The van der Waals surface area contributed by atoms with Gasteiger partial charge in [-0.2, -0.15) is 0 Å². The Balaban J connectivity index is 1.52. The minimum atomic E-state index is 0.230. The smallest absolute Gasteiger partial charge is 0.223 e. The molecule has 2 atom stereocenters. The minimum absolute atomic E-state index is 0.230. The van der Waals surface area contributed by atoms with Crippen LogP contribution in [0.4, 0.5) is 0 Å². The van der Waals surface area contributed by atoms with E-state index in [9.17, 15) is 9.90 Å². The third-order valence-electron chi connectivity index (χ3n) is 4.71. The molecule has 0 bridgehead atoms. The number of carbonyl (C=O) groups is 1. The second-order valence-corrected chi connectivity index (χ2v) is 6.76. The van der Waals surface area contributed by atoms with Gasteiger partial charge in [-0.05, 0) is 50.6 Å². The number of nitrogens with one attached hydrogen (secondary N) is 1. The third-order valence-corrected chi connectivity index (χ3v) is 4.71. The van der Waals surface area contributed by atoms with E-state index in [0.717, 1.165) is 45.3 Å². The fourth-order valence-corrected chi connectivity index (χ4v) is 3.09. The maximum absolute atomic E-state index is 11.8. The lowest BCUT2D eigenvalue weighted by molar-refractivity contribution is -0.122. The lowest BCUT2D eigenvalue weighted by atomic mass is 10.1. The maximum atomic E-state index is 11.8. The number of aliphatic hydroxyl groups is 1. The molecule has 1 aliphatic carbocycles. The molecule has 2 unspecified atom stereocenters. The van der Waals surface area contributed by atoms with Gasteiger partial charge in [-0.15, -0.1) is 0 Å². The zero-order valence-corrected chi connectivity index (χ0v) is 12.3. The molecule has 1 saturated carbocycles. The number of unbranched alkanes of at least 4 members (excludes halogenated alkanes) is 1. The number of nitrogens with zero attached hydrogens (tertiary/aromatic N) is 1. The SMILES string of the molecule is CC1(C)CC1C(=O)NCCCCN1CCCC1CO. The van der Waals surface area contributed by atoms with Crippen LogP contribution in [0.1, 0.15) is 46.0 Å². The van der Waals surface area contributed by atoms with Gasteiger partial charge in [0.2, 0.25) is 5.91 Å². The largest absolute Gasteiger partial charge is 0.395 e. The normalized spacial score (nSPS) is 29.4. The maximum Gasteiger partial charge on any atom is 0.223 e. The topological polar surface area (TPSA) is 52.6 Å². The summed E-state index contributed by atoms with van der Waals surface area (Å²) in [4.78, 5) is 14.2. The van der Waals surface area contributed by atoms with Crippen LogP contribution in [-0.4, -0.2) is 48.2 Å². The molecule has 2 aliphatic rings. The molecule has 110 valence electrons. The Hall–Kier alpha value is -0.610. The summed E-state index contributed by atoms with van der Waals surface area (Å²) in [6, 6.07) is 0.377. The summed E-state index contributed by atoms with van der Waals surface area (Å²) in [5, 5.41) is 12.3. The van der Waals surface area contributed by atoms with Gasteiger partial charge in [-0.1, -0.05) is 13.8 Å². The van der Waals surface area contributed by atoms with Gasteiger partial charge in [0, 0.05) is 18.5 Å². The van der Waals surface area contributed by atoms with Crippen LogP contribution in [0, 0.1) is 11.3 Å². The number of hydrogen-bond donors (Lipinski definition) is 2. The van der Waals surface area contributed by atoms with Crippen molar-refractivity contribution in [3.8, 4) is 0 Å². The molecule has 1 amide bonds. The fourth-order valence-electron chi connectivity index (χ4n) is 3.09. The predicted molar refractivity (Wildman–Crippen MR) is 75.8 cm³/mol. The number of hydrogen-bond acceptors (Lipinski definition) is 3. The molecule has 0 aromatic heterocycles. The van der Waals surface area contributed by atoms with Crippen LogP contribution in [0.5, 0.6) is 0 Å². The molecular weight excluding hydrogens is 240 g/mol. The number of amides is 1. The van der Waals surface area contributed by atoms with E-state index in [1.165, 1.54) is 6.42 Å². The first-order chi connectivity index (χ1) is 9.04. The Morgan fingerprint density at radius 3 is 2.79 bits per heavy atom. The first kappa shape index (κ1) is 14.8. The summed E-state index contributed by atoms with van der Waals surface area (Å²) in [6.45, 7) is 7.56. The molecule has 2 rings (SSSR count). The van der Waals surface area contributed by atoms with Crippen molar-refractivity contribution >= 4 is 5.91 Å². The van der Waals surface area contributed by atoms with Crippen LogP contribution in [-0.2, 0) is 4.79 Å². The molecule has 1 saturated heterocycles. The Morgan fingerprint density at radius 1 is 1.42 bits per heavy atom. The highest BCUT2D eigenvalue weighted by molar-refractivity contribution is 5.82. The molecule has 0 aromatic rings. The Bertz CT molecular complexity index is 317. The molecule has 0 aromatic carbocycles. The zero-order chi connectivity index (χ0) is 13.9. The molecular formula is C15H28N2O2. The van der Waals surface area contributed by atoms with Gasteiger partial charge in [0.25, 0.3) is 0 Å². The highest BCUT2D eigenvalue weighted by Crippen LogP contribution is 2.51. The summed E-state index contributed by atoms with van der Waals surface area (Å²) in [6.07, 6.45) is 5.51. The average molecular weight is 268 g/mol. The van der Waals surface area contributed by atoms with E-state index in [0.29, 0.717) is 6.04 Å². The lowest BCUT2D eigenvalue weighted by Crippen LogP contribution is -2.33. The first-order valence-electron chi connectivity index (χ1n) is 7.67. The third kappa shape index (κ3) is 3.93. The minimum Gasteiger partial charge on any atom is -0.395 e. The second-order valence-electron chi connectivity index (χ2n) is 6.76. The second kappa shape index (κ2) is 6.23. The van der Waals surface area contributed by atoms with Gasteiger partial charge < -0.3 is 10.4 Å². The van der Waals surface area contributed by atoms with Crippen molar-refractivity contribution < 1.29 is 9.90 Å². The van der Waals surface area contributed by atoms with E-state index >= 15 is 0 Å². The number of carbonyl (C=O) groups excluding carboxylic acids is 1. The number of likely N-dealkylation sites (tertiary alicyclic amines) is 1. The highest BCUT2D eigenvalue weighted by Gasteiger charge is 2.50. The van der Waals surface area contributed by atoms with Gasteiger partial charge in [-0.25, -0.2) is 0 Å². The van der Waals surface area contributed by atoms with Crippen molar-refractivity contribution in [3.05, 3.63) is 0 Å². The van der Waals surface area contributed by atoms with Gasteiger partial charge in [-0.3, -0.25) is 9.69 Å². The molecule has 2 N–H and O–H groups in total. The number of aliphatic hydroxyl groups excluding tert-OH is 1. The highest BCUT2D eigenvalue weighted by atomic mass is 16.3. The summed E-state index contributed by atoms with van der Waals surface area (Å²) < 4.78 is 0. The van der Waals surface area contributed by atoms with Gasteiger partial charge in [0.1, 0.15) is 0 Å².